The number of hydrogen-bond donors (Lipinski definition) is 1. The third-order valence-electron chi connectivity index (χ3n) is 11.4. The van der Waals surface area contributed by atoms with E-state index < -0.39 is 33.0 Å². The molecule has 0 aromatic rings. The van der Waals surface area contributed by atoms with Crippen molar-refractivity contribution in [3.05, 3.63) is 0 Å². The first-order valence-electron chi connectivity index (χ1n) is 14.5. The van der Waals surface area contributed by atoms with Gasteiger partial charge in [0.1, 0.15) is 6.10 Å². The second-order valence-electron chi connectivity index (χ2n) is 13.6. The predicted molar refractivity (Wildman–Crippen MR) is 139 cm³/mol. The zero-order chi connectivity index (χ0) is 28.1. The number of fused-ring (bicyclic) bond motifs is 5. The van der Waals surface area contributed by atoms with Crippen molar-refractivity contribution in [2.75, 3.05) is 6.61 Å². The molecule has 0 aromatic heterocycles. The van der Waals surface area contributed by atoms with Crippen LogP contribution in [0.15, 0.2) is 0 Å². The Bertz CT molecular complexity index is 1060. The van der Waals surface area contributed by atoms with Crippen molar-refractivity contribution in [1.82, 2.24) is 0 Å². The molecule has 1 N–H and O–H groups in total. The van der Waals surface area contributed by atoms with Gasteiger partial charge in [0.2, 0.25) is 20.8 Å². The molecule has 0 heterocycles. The summed E-state index contributed by atoms with van der Waals surface area (Å²) in [5.74, 6) is 2.13. The molecular formula is C27H46Na2O9S2. The Morgan fingerprint density at radius 2 is 1.43 bits per heavy atom. The minimum atomic E-state index is -4.88. The van der Waals surface area contributed by atoms with Crippen LogP contribution in [0.25, 0.3) is 0 Å². The maximum Gasteiger partial charge on any atom is 1.00 e. The molecule has 0 radical (unpaired) electrons. The van der Waals surface area contributed by atoms with Crippen LogP contribution in [-0.2, 0) is 29.2 Å². The van der Waals surface area contributed by atoms with E-state index in [1.165, 1.54) is 0 Å². The molecule has 4 saturated carbocycles. The van der Waals surface area contributed by atoms with Gasteiger partial charge in [-0.2, -0.15) is 0 Å². The zero-order valence-corrected chi connectivity index (χ0v) is 30.8. The van der Waals surface area contributed by atoms with Crippen molar-refractivity contribution >= 4 is 20.8 Å². The van der Waals surface area contributed by atoms with Gasteiger partial charge in [-0.05, 0) is 110 Å². The molecule has 222 valence electrons. The van der Waals surface area contributed by atoms with Crippen LogP contribution in [0.2, 0.25) is 0 Å². The Morgan fingerprint density at radius 3 is 2.02 bits per heavy atom. The molecule has 4 aliphatic rings. The van der Waals surface area contributed by atoms with Crippen molar-refractivity contribution in [1.29, 1.82) is 0 Å². The van der Waals surface area contributed by atoms with Crippen LogP contribution in [-0.4, -0.2) is 49.9 Å². The fourth-order valence-electron chi connectivity index (χ4n) is 9.73. The normalized spacial score (nSPS) is 40.2. The smallest absolute Gasteiger partial charge is 0.726 e. The average Bonchev–Trinajstić information content (AvgIpc) is 3.14. The van der Waals surface area contributed by atoms with E-state index in [4.69, 9.17) is 8.37 Å². The van der Waals surface area contributed by atoms with E-state index in [-0.39, 0.29) is 88.4 Å². The Morgan fingerprint density at radius 1 is 0.825 bits per heavy atom. The van der Waals surface area contributed by atoms with Gasteiger partial charge in [0, 0.05) is 0 Å². The summed E-state index contributed by atoms with van der Waals surface area (Å²) in [6.07, 6.45) is 7.78. The fraction of sp³-hybridized carbons (Fsp3) is 1.00. The van der Waals surface area contributed by atoms with Crippen LogP contribution in [0.3, 0.4) is 0 Å². The quantitative estimate of drug-likeness (QED) is 0.172. The second kappa shape index (κ2) is 14.4. The van der Waals surface area contributed by atoms with Gasteiger partial charge < -0.3 is 14.2 Å². The predicted octanol–water partition coefficient (Wildman–Crippen LogP) is -1.61. The molecular weight excluding hydrogens is 578 g/mol. The monoisotopic (exact) mass is 624 g/mol. The SMILES string of the molecule is CC(C)CCC[C@@H](COS(=O)(=O)[O-])[C@H]1CCC2C3CCC4[C@@H](O)[C@H](OS(=O)(=O)[O-])CC[C@]4(C)C3CC[C@@]21C.[Na+].[Na+]. The molecule has 13 heteroatoms. The Balaban J connectivity index is 0.00000280. The van der Waals surface area contributed by atoms with Crippen molar-refractivity contribution in [2.24, 2.45) is 52.3 Å². The van der Waals surface area contributed by atoms with Crippen LogP contribution in [0.1, 0.15) is 98.3 Å². The van der Waals surface area contributed by atoms with Crippen LogP contribution in [0, 0.1) is 52.3 Å². The second-order valence-corrected chi connectivity index (χ2v) is 15.7. The molecule has 0 bridgehead atoms. The average molecular weight is 625 g/mol. The Kier molecular flexibility index (Phi) is 13.7. The third kappa shape index (κ3) is 8.29. The molecule has 4 aliphatic carbocycles. The number of aliphatic hydroxyl groups is 1. The summed E-state index contributed by atoms with van der Waals surface area (Å²) in [7, 11) is -9.62. The van der Waals surface area contributed by atoms with E-state index >= 15 is 0 Å². The summed E-state index contributed by atoms with van der Waals surface area (Å²) in [5.41, 5.74) is -0.108. The first-order chi connectivity index (χ1) is 17.6. The molecule has 4 unspecified atom stereocenters. The number of hydrogen-bond acceptors (Lipinski definition) is 9. The molecule has 9 nitrogen and oxygen atoms in total. The Hall–Kier alpha value is 1.70. The van der Waals surface area contributed by atoms with E-state index in [0.29, 0.717) is 36.0 Å². The summed E-state index contributed by atoms with van der Waals surface area (Å²) in [5, 5.41) is 11.1. The van der Waals surface area contributed by atoms with Gasteiger partial charge in [0.15, 0.2) is 0 Å². The van der Waals surface area contributed by atoms with Gasteiger partial charge in [-0.3, -0.25) is 8.37 Å². The number of aliphatic hydroxyl groups excluding tert-OH is 1. The molecule has 0 aromatic carbocycles. The maximum absolute atomic E-state index is 11.3. The molecule has 4 rings (SSSR count). The zero-order valence-electron chi connectivity index (χ0n) is 25.2. The summed E-state index contributed by atoms with van der Waals surface area (Å²) < 4.78 is 77.2. The maximum atomic E-state index is 11.3. The van der Waals surface area contributed by atoms with E-state index in [0.717, 1.165) is 64.2 Å². The topological polar surface area (TPSA) is 153 Å². The summed E-state index contributed by atoms with van der Waals surface area (Å²) in [6, 6.07) is 0. The first kappa shape index (κ1) is 37.9. The van der Waals surface area contributed by atoms with Crippen LogP contribution in [0.5, 0.6) is 0 Å². The molecule has 10 atom stereocenters. The molecule has 0 saturated heterocycles. The fourth-order valence-corrected chi connectivity index (χ4v) is 10.6. The summed E-state index contributed by atoms with van der Waals surface area (Å²) in [6.45, 7) is 8.90. The summed E-state index contributed by atoms with van der Waals surface area (Å²) >= 11 is 0. The minimum Gasteiger partial charge on any atom is -0.726 e. The molecule has 0 amide bonds. The summed E-state index contributed by atoms with van der Waals surface area (Å²) in [4.78, 5) is 0. The van der Waals surface area contributed by atoms with E-state index in [2.05, 4.69) is 27.7 Å². The van der Waals surface area contributed by atoms with E-state index in [9.17, 15) is 31.0 Å². The molecule has 0 aliphatic heterocycles. The molecule has 0 spiro atoms. The van der Waals surface area contributed by atoms with Gasteiger partial charge in [0.25, 0.3) is 0 Å². The van der Waals surface area contributed by atoms with Gasteiger partial charge >= 0.3 is 59.1 Å². The van der Waals surface area contributed by atoms with E-state index in [1.54, 1.807) is 0 Å². The standard InChI is InChI=1S/C27H48O9S2.2Na/c1-17(2)6-5-7-18(16-35-37(29,30)31)20-10-11-21-19-8-9-23-25(28)24(36-38(32,33)34)13-15-27(23,4)22(19)12-14-26(20,21)3;;/h17-25,28H,5-16H2,1-4H3,(H,29,30,31)(H,32,33,34);;/q;2*+1/p-2/t18-,19?,20+,21?,22?,23?,24+,25+,26+,27+;;/m0../s1. The Labute approximate surface area is 286 Å². The van der Waals surface area contributed by atoms with Gasteiger partial charge in [-0.25, -0.2) is 16.8 Å². The van der Waals surface area contributed by atoms with Crippen molar-refractivity contribution in [2.45, 2.75) is 111 Å². The van der Waals surface area contributed by atoms with E-state index in [1.807, 2.05) is 0 Å². The van der Waals surface area contributed by atoms with Crippen molar-refractivity contribution in [3.8, 4) is 0 Å². The van der Waals surface area contributed by atoms with Gasteiger partial charge in [-0.15, -0.1) is 0 Å². The first-order valence-corrected chi connectivity index (χ1v) is 17.1. The minimum absolute atomic E-state index is 0. The van der Waals surface area contributed by atoms with Gasteiger partial charge in [0.05, 0.1) is 12.7 Å². The number of rotatable bonds is 10. The van der Waals surface area contributed by atoms with Crippen molar-refractivity contribution in [3.63, 3.8) is 0 Å². The van der Waals surface area contributed by atoms with Crippen LogP contribution >= 0.6 is 0 Å². The molecule has 4 fully saturated rings. The van der Waals surface area contributed by atoms with Gasteiger partial charge in [-0.1, -0.05) is 40.5 Å². The largest absolute Gasteiger partial charge is 1.00 e. The van der Waals surface area contributed by atoms with Crippen LogP contribution < -0.4 is 59.1 Å². The molecule has 40 heavy (non-hydrogen) atoms. The van der Waals surface area contributed by atoms with Crippen LogP contribution in [0.4, 0.5) is 0 Å². The third-order valence-corrected chi connectivity index (χ3v) is 12.3. The van der Waals surface area contributed by atoms with Crippen molar-refractivity contribution < 1.29 is 98.5 Å².